The van der Waals surface area contributed by atoms with Crippen LogP contribution in [0.4, 0.5) is 5.82 Å². The van der Waals surface area contributed by atoms with Gasteiger partial charge in [0, 0.05) is 22.1 Å². The minimum absolute atomic E-state index is 0.167. The number of nitrogens with zero attached hydrogens (tertiary/aromatic N) is 3. The number of carbonyl (C=O) groups is 1. The first-order valence-corrected chi connectivity index (χ1v) is 8.00. The van der Waals surface area contributed by atoms with E-state index >= 15 is 0 Å². The molecule has 7 heteroatoms. The van der Waals surface area contributed by atoms with Crippen LogP contribution in [0, 0.1) is 0 Å². The lowest BCUT2D eigenvalue weighted by Gasteiger charge is -2.10. The number of carbonyl (C=O) groups excluding carboxylic acids is 1. The van der Waals surface area contributed by atoms with Crippen molar-refractivity contribution in [1.82, 2.24) is 20.0 Å². The summed E-state index contributed by atoms with van der Waals surface area (Å²) in [5, 5.41) is 14.0. The van der Waals surface area contributed by atoms with Gasteiger partial charge in [-0.15, -0.1) is 0 Å². The van der Waals surface area contributed by atoms with Gasteiger partial charge in [0.05, 0.1) is 11.9 Å². The number of hydrogen-bond acceptors (Lipinski definition) is 3. The van der Waals surface area contributed by atoms with E-state index in [-0.39, 0.29) is 11.9 Å². The molecular formula is C16H16BrN5O. The normalized spacial score (nSPS) is 11.0. The van der Waals surface area contributed by atoms with Crippen LogP contribution in [0.15, 0.2) is 47.1 Å². The summed E-state index contributed by atoms with van der Waals surface area (Å²) in [5.74, 6) is 0.410. The second-order valence-corrected chi connectivity index (χ2v) is 6.30. The van der Waals surface area contributed by atoms with E-state index in [1.807, 2.05) is 38.1 Å². The van der Waals surface area contributed by atoms with Crippen molar-refractivity contribution in [3.63, 3.8) is 0 Å². The Bertz CT molecular complexity index is 819. The Hall–Kier alpha value is -2.41. The number of aromatic nitrogens is 4. The zero-order chi connectivity index (χ0) is 16.4. The number of H-pyrrole nitrogens is 1. The zero-order valence-electron chi connectivity index (χ0n) is 12.7. The summed E-state index contributed by atoms with van der Waals surface area (Å²) in [6.45, 7) is 4.01. The predicted molar refractivity (Wildman–Crippen MR) is 92.3 cm³/mol. The molecule has 118 valence electrons. The molecule has 0 atom stereocenters. The van der Waals surface area contributed by atoms with Crippen LogP contribution in [0.25, 0.3) is 11.3 Å². The molecule has 0 unspecified atom stereocenters. The van der Waals surface area contributed by atoms with Crippen LogP contribution in [0.2, 0.25) is 0 Å². The third kappa shape index (κ3) is 3.34. The number of benzene rings is 1. The molecule has 0 aliphatic carbocycles. The summed E-state index contributed by atoms with van der Waals surface area (Å²) in [5.41, 5.74) is 2.06. The fourth-order valence-electron chi connectivity index (χ4n) is 2.21. The molecule has 0 spiro atoms. The van der Waals surface area contributed by atoms with Crippen molar-refractivity contribution in [3.05, 3.63) is 52.8 Å². The van der Waals surface area contributed by atoms with Crippen molar-refractivity contribution in [1.29, 1.82) is 0 Å². The molecule has 0 bridgehead atoms. The Kier molecular flexibility index (Phi) is 4.29. The molecule has 0 saturated carbocycles. The van der Waals surface area contributed by atoms with E-state index in [9.17, 15) is 4.79 Å². The molecule has 0 aliphatic rings. The highest BCUT2D eigenvalue weighted by Gasteiger charge is 2.14. The molecule has 2 aromatic heterocycles. The lowest BCUT2D eigenvalue weighted by atomic mass is 10.1. The van der Waals surface area contributed by atoms with E-state index in [0.717, 1.165) is 15.7 Å². The second-order valence-electron chi connectivity index (χ2n) is 5.38. The number of hydrogen-bond donors (Lipinski definition) is 2. The van der Waals surface area contributed by atoms with Gasteiger partial charge in [0.1, 0.15) is 11.5 Å². The largest absolute Gasteiger partial charge is 0.305 e. The molecule has 0 saturated heterocycles. The van der Waals surface area contributed by atoms with Gasteiger partial charge in [0.15, 0.2) is 0 Å². The molecule has 2 N–H and O–H groups in total. The number of amides is 1. The number of rotatable bonds is 4. The third-order valence-electron chi connectivity index (χ3n) is 3.36. The predicted octanol–water partition coefficient (Wildman–Crippen LogP) is 3.87. The van der Waals surface area contributed by atoms with Gasteiger partial charge < -0.3 is 5.32 Å². The van der Waals surface area contributed by atoms with E-state index in [4.69, 9.17) is 0 Å². The average Bonchev–Trinajstić information content (AvgIpc) is 3.16. The average molecular weight is 374 g/mol. The smallest absolute Gasteiger partial charge is 0.274 e. The summed E-state index contributed by atoms with van der Waals surface area (Å²) < 4.78 is 2.75. The zero-order valence-corrected chi connectivity index (χ0v) is 14.3. The maximum absolute atomic E-state index is 12.4. The van der Waals surface area contributed by atoms with Crippen LogP contribution in [0.1, 0.15) is 30.4 Å². The summed E-state index contributed by atoms with van der Waals surface area (Å²) in [4.78, 5) is 12.4. The number of halogens is 1. The topological polar surface area (TPSA) is 75.6 Å². The van der Waals surface area contributed by atoms with Gasteiger partial charge in [-0.3, -0.25) is 9.89 Å². The monoisotopic (exact) mass is 373 g/mol. The van der Waals surface area contributed by atoms with Gasteiger partial charge in [0.25, 0.3) is 5.91 Å². The van der Waals surface area contributed by atoms with Crippen molar-refractivity contribution >= 4 is 27.7 Å². The van der Waals surface area contributed by atoms with E-state index in [1.165, 1.54) is 0 Å². The molecule has 6 nitrogen and oxygen atoms in total. The van der Waals surface area contributed by atoms with Gasteiger partial charge in [-0.1, -0.05) is 28.1 Å². The van der Waals surface area contributed by atoms with Crippen molar-refractivity contribution in [2.45, 2.75) is 19.9 Å². The van der Waals surface area contributed by atoms with Crippen molar-refractivity contribution in [2.75, 3.05) is 5.32 Å². The highest BCUT2D eigenvalue weighted by Crippen LogP contribution is 2.21. The van der Waals surface area contributed by atoms with Crippen LogP contribution < -0.4 is 5.32 Å². The van der Waals surface area contributed by atoms with E-state index in [1.54, 1.807) is 23.0 Å². The third-order valence-corrected chi connectivity index (χ3v) is 3.89. The summed E-state index contributed by atoms with van der Waals surface area (Å²) in [6.07, 6.45) is 1.66. The number of anilines is 1. The molecule has 0 radical (unpaired) electrons. The molecule has 3 rings (SSSR count). The highest BCUT2D eigenvalue weighted by atomic mass is 79.9. The Morgan fingerprint density at radius 2 is 2.00 bits per heavy atom. The maximum Gasteiger partial charge on any atom is 0.274 e. The first kappa shape index (κ1) is 15.5. The molecule has 1 amide bonds. The van der Waals surface area contributed by atoms with Crippen molar-refractivity contribution < 1.29 is 4.79 Å². The highest BCUT2D eigenvalue weighted by molar-refractivity contribution is 9.10. The fourth-order valence-corrected chi connectivity index (χ4v) is 2.48. The summed E-state index contributed by atoms with van der Waals surface area (Å²) in [7, 11) is 0. The van der Waals surface area contributed by atoms with Gasteiger partial charge in [-0.25, -0.2) is 4.68 Å². The Morgan fingerprint density at radius 1 is 1.26 bits per heavy atom. The van der Waals surface area contributed by atoms with Crippen LogP contribution in [-0.2, 0) is 0 Å². The van der Waals surface area contributed by atoms with Gasteiger partial charge in [0.2, 0.25) is 0 Å². The number of nitrogens with one attached hydrogen (secondary N) is 2. The maximum atomic E-state index is 12.4. The summed E-state index contributed by atoms with van der Waals surface area (Å²) >= 11 is 3.40. The SMILES string of the molecule is CC(C)n1nccc1NC(=O)c1cc(-c2ccc(Br)cc2)n[nH]1. The lowest BCUT2D eigenvalue weighted by Crippen LogP contribution is -2.17. The van der Waals surface area contributed by atoms with Crippen LogP contribution in [-0.4, -0.2) is 25.9 Å². The molecule has 23 heavy (non-hydrogen) atoms. The summed E-state index contributed by atoms with van der Waals surface area (Å²) in [6, 6.07) is 11.4. The van der Waals surface area contributed by atoms with Crippen molar-refractivity contribution in [2.24, 2.45) is 0 Å². The Morgan fingerprint density at radius 3 is 2.70 bits per heavy atom. The first-order valence-electron chi connectivity index (χ1n) is 7.21. The molecule has 0 fully saturated rings. The van der Waals surface area contributed by atoms with Crippen LogP contribution in [0.5, 0.6) is 0 Å². The van der Waals surface area contributed by atoms with E-state index < -0.39 is 0 Å². The minimum atomic E-state index is -0.247. The molecule has 3 aromatic rings. The Balaban J connectivity index is 1.78. The lowest BCUT2D eigenvalue weighted by molar-refractivity contribution is 0.102. The quantitative estimate of drug-likeness (QED) is 0.728. The van der Waals surface area contributed by atoms with Crippen LogP contribution in [0.3, 0.4) is 0 Å². The first-order chi connectivity index (χ1) is 11.0. The fraction of sp³-hybridized carbons (Fsp3) is 0.188. The van der Waals surface area contributed by atoms with E-state index in [2.05, 4.69) is 36.5 Å². The number of aromatic amines is 1. The molecular weight excluding hydrogens is 358 g/mol. The van der Waals surface area contributed by atoms with E-state index in [0.29, 0.717) is 11.5 Å². The molecule has 2 heterocycles. The second kappa shape index (κ2) is 6.37. The van der Waals surface area contributed by atoms with Crippen molar-refractivity contribution in [3.8, 4) is 11.3 Å². The van der Waals surface area contributed by atoms with Gasteiger partial charge in [-0.2, -0.15) is 10.2 Å². The van der Waals surface area contributed by atoms with Gasteiger partial charge in [-0.05, 0) is 32.0 Å². The van der Waals surface area contributed by atoms with Crippen LogP contribution >= 0.6 is 15.9 Å². The molecule has 1 aromatic carbocycles. The van der Waals surface area contributed by atoms with Gasteiger partial charge >= 0.3 is 0 Å². The standard InChI is InChI=1S/C16H16BrN5O/c1-10(2)22-15(7-8-18-22)19-16(23)14-9-13(20-21-14)11-3-5-12(17)6-4-11/h3-10H,1-2H3,(H,19,23)(H,20,21). The molecule has 0 aliphatic heterocycles. The Labute approximate surface area is 142 Å². The minimum Gasteiger partial charge on any atom is -0.305 e.